The standard InChI is InChI=1S/C29H34NO9P/c1-34-24-17-27(36-3)26(35-2)16-19(24)11-13-28(40(33,37-4)38-5)30-22(29(31)32)14-18-10-12-21-20-8-6-7-9-23(20)39-25(21)15-18/h6-10,12,15-17,22,28,30H,11,13-14H2,1-5H3,(H,31,32)/t22-,28+/m0/s1. The lowest BCUT2D eigenvalue weighted by atomic mass is 10.0. The van der Waals surface area contributed by atoms with Gasteiger partial charge in [-0.25, -0.2) is 0 Å². The number of nitrogens with one attached hydrogen (secondary N) is 1. The number of fused-ring (bicyclic) bond motifs is 3. The highest BCUT2D eigenvalue weighted by Gasteiger charge is 2.37. The number of hydrogen-bond acceptors (Lipinski definition) is 9. The van der Waals surface area contributed by atoms with Crippen LogP contribution in [0.2, 0.25) is 0 Å². The molecular weight excluding hydrogens is 537 g/mol. The number of carboxylic acid groups (broad SMARTS) is 1. The number of carbonyl (C=O) groups is 1. The zero-order valence-electron chi connectivity index (χ0n) is 23.1. The number of furan rings is 1. The number of carboxylic acids is 1. The van der Waals surface area contributed by atoms with E-state index in [1.807, 2.05) is 42.5 Å². The smallest absolute Gasteiger partial charge is 0.346 e. The molecule has 40 heavy (non-hydrogen) atoms. The molecule has 4 rings (SSSR count). The minimum atomic E-state index is -3.73. The average molecular weight is 572 g/mol. The second-order valence-electron chi connectivity index (χ2n) is 9.17. The summed E-state index contributed by atoms with van der Waals surface area (Å²) in [4.78, 5) is 12.4. The largest absolute Gasteiger partial charge is 0.496 e. The molecule has 0 saturated carbocycles. The van der Waals surface area contributed by atoms with Crippen molar-refractivity contribution < 1.29 is 42.1 Å². The normalized spacial score (nSPS) is 13.3. The van der Waals surface area contributed by atoms with Crippen molar-refractivity contribution in [2.45, 2.75) is 31.1 Å². The zero-order chi connectivity index (χ0) is 28.9. The van der Waals surface area contributed by atoms with Gasteiger partial charge in [0.05, 0.1) is 21.3 Å². The molecule has 0 bridgehead atoms. The molecule has 0 amide bonds. The van der Waals surface area contributed by atoms with Crippen LogP contribution < -0.4 is 19.5 Å². The Hall–Kier alpha value is -3.56. The van der Waals surface area contributed by atoms with Gasteiger partial charge < -0.3 is 32.8 Å². The van der Waals surface area contributed by atoms with Crippen molar-refractivity contribution in [3.05, 3.63) is 65.7 Å². The number of aliphatic carboxylic acids is 1. The van der Waals surface area contributed by atoms with Crippen molar-refractivity contribution in [3.8, 4) is 17.2 Å². The van der Waals surface area contributed by atoms with Crippen LogP contribution >= 0.6 is 7.60 Å². The zero-order valence-corrected chi connectivity index (χ0v) is 24.0. The van der Waals surface area contributed by atoms with Gasteiger partial charge in [-0.05, 0) is 48.6 Å². The van der Waals surface area contributed by atoms with Crippen LogP contribution in [0.4, 0.5) is 0 Å². The molecule has 0 unspecified atom stereocenters. The SMILES string of the molecule is COc1cc(OC)c(OC)cc1CC[C@H](N[C@@H](Cc1ccc2c(c1)oc1ccccc12)C(=O)O)P(=O)(OC)OC. The van der Waals surface area contributed by atoms with E-state index in [-0.39, 0.29) is 12.8 Å². The molecule has 0 aliphatic carbocycles. The maximum Gasteiger partial charge on any atom is 0.346 e. The van der Waals surface area contributed by atoms with Crippen LogP contribution in [0.5, 0.6) is 17.2 Å². The lowest BCUT2D eigenvalue weighted by Crippen LogP contribution is -2.45. The molecule has 11 heteroatoms. The van der Waals surface area contributed by atoms with Gasteiger partial charge in [0.1, 0.15) is 28.7 Å². The molecule has 4 aromatic rings. The molecule has 2 atom stereocenters. The summed E-state index contributed by atoms with van der Waals surface area (Å²) < 4.78 is 46.4. The summed E-state index contributed by atoms with van der Waals surface area (Å²) in [5.74, 6) is -0.470. The van der Waals surface area contributed by atoms with E-state index < -0.39 is 25.4 Å². The van der Waals surface area contributed by atoms with Crippen LogP contribution in [0.3, 0.4) is 0 Å². The van der Waals surface area contributed by atoms with Gasteiger partial charge in [0.15, 0.2) is 11.5 Å². The predicted molar refractivity (Wildman–Crippen MR) is 152 cm³/mol. The average Bonchev–Trinajstić information content (AvgIpc) is 3.35. The van der Waals surface area contributed by atoms with Gasteiger partial charge in [-0.2, -0.15) is 0 Å². The summed E-state index contributed by atoms with van der Waals surface area (Å²) in [5.41, 5.74) is 2.93. The Morgan fingerprint density at radius 2 is 1.52 bits per heavy atom. The van der Waals surface area contributed by atoms with E-state index in [1.165, 1.54) is 35.5 Å². The van der Waals surface area contributed by atoms with Crippen molar-refractivity contribution in [1.82, 2.24) is 5.32 Å². The number of ether oxygens (including phenoxy) is 3. The highest BCUT2D eigenvalue weighted by molar-refractivity contribution is 7.54. The Morgan fingerprint density at radius 3 is 2.17 bits per heavy atom. The number of benzene rings is 3. The maximum atomic E-state index is 13.5. The van der Waals surface area contributed by atoms with Gasteiger partial charge in [-0.15, -0.1) is 0 Å². The van der Waals surface area contributed by atoms with Crippen LogP contribution in [-0.2, 0) is 31.2 Å². The third-order valence-electron chi connectivity index (χ3n) is 6.94. The molecule has 0 aliphatic rings. The van der Waals surface area contributed by atoms with E-state index in [2.05, 4.69) is 5.32 Å². The predicted octanol–water partition coefficient (Wildman–Crippen LogP) is 5.64. The molecule has 0 saturated heterocycles. The fourth-order valence-electron chi connectivity index (χ4n) is 4.82. The summed E-state index contributed by atoms with van der Waals surface area (Å²) in [6.07, 6.45) is 0.693. The highest BCUT2D eigenvalue weighted by atomic mass is 31.2. The first-order chi connectivity index (χ1) is 19.3. The van der Waals surface area contributed by atoms with Gasteiger partial charge in [-0.1, -0.05) is 30.3 Å². The van der Waals surface area contributed by atoms with Crippen LogP contribution in [0.1, 0.15) is 17.5 Å². The Labute approximate surface area is 232 Å². The lowest BCUT2D eigenvalue weighted by Gasteiger charge is -2.28. The summed E-state index contributed by atoms with van der Waals surface area (Å²) in [6, 6.07) is 15.7. The van der Waals surface area contributed by atoms with E-state index in [4.69, 9.17) is 27.7 Å². The molecular formula is C29H34NO9P. The number of para-hydroxylation sites is 1. The summed E-state index contributed by atoms with van der Waals surface area (Å²) in [5, 5.41) is 15.1. The Bertz CT molecular complexity index is 1530. The van der Waals surface area contributed by atoms with Gasteiger partial charge in [0, 0.05) is 31.1 Å². The fourth-order valence-corrected chi connectivity index (χ4v) is 6.29. The monoisotopic (exact) mass is 571 g/mol. The second-order valence-corrected chi connectivity index (χ2v) is 11.6. The molecule has 0 aliphatic heterocycles. The van der Waals surface area contributed by atoms with E-state index >= 15 is 0 Å². The Balaban J connectivity index is 1.60. The lowest BCUT2D eigenvalue weighted by molar-refractivity contribution is -0.139. The molecule has 0 radical (unpaired) electrons. The quantitative estimate of drug-likeness (QED) is 0.184. The first kappa shape index (κ1) is 29.4. The Kier molecular flexibility index (Phi) is 9.37. The van der Waals surface area contributed by atoms with Crippen LogP contribution in [-0.4, -0.2) is 58.4 Å². The van der Waals surface area contributed by atoms with Gasteiger partial charge in [-0.3, -0.25) is 14.7 Å². The third-order valence-corrected chi connectivity index (χ3v) is 9.13. The molecule has 1 aromatic heterocycles. The Morgan fingerprint density at radius 1 is 0.875 bits per heavy atom. The number of aryl methyl sites for hydroxylation is 1. The fraction of sp³-hybridized carbons (Fsp3) is 0.345. The van der Waals surface area contributed by atoms with E-state index in [9.17, 15) is 14.5 Å². The third kappa shape index (κ3) is 6.10. The number of rotatable bonds is 14. The molecule has 3 aromatic carbocycles. The van der Waals surface area contributed by atoms with E-state index in [0.717, 1.165) is 27.5 Å². The number of methoxy groups -OCH3 is 3. The summed E-state index contributed by atoms with van der Waals surface area (Å²) in [6.45, 7) is 0. The molecule has 1 heterocycles. The second kappa shape index (κ2) is 12.7. The van der Waals surface area contributed by atoms with Crippen LogP contribution in [0.15, 0.2) is 59.0 Å². The first-order valence-corrected chi connectivity index (χ1v) is 14.3. The molecule has 10 nitrogen and oxygen atoms in total. The van der Waals surface area contributed by atoms with Gasteiger partial charge in [0.2, 0.25) is 0 Å². The van der Waals surface area contributed by atoms with Crippen molar-refractivity contribution in [2.75, 3.05) is 35.5 Å². The van der Waals surface area contributed by atoms with Crippen molar-refractivity contribution in [1.29, 1.82) is 0 Å². The number of hydrogen-bond donors (Lipinski definition) is 2. The van der Waals surface area contributed by atoms with Crippen LogP contribution in [0, 0.1) is 0 Å². The topological polar surface area (TPSA) is 126 Å². The maximum absolute atomic E-state index is 13.5. The van der Waals surface area contributed by atoms with Gasteiger partial charge in [0.25, 0.3) is 0 Å². The van der Waals surface area contributed by atoms with Crippen LogP contribution in [0.25, 0.3) is 21.9 Å². The van der Waals surface area contributed by atoms with Crippen molar-refractivity contribution >= 4 is 35.5 Å². The van der Waals surface area contributed by atoms with E-state index in [0.29, 0.717) is 29.3 Å². The van der Waals surface area contributed by atoms with Gasteiger partial charge >= 0.3 is 13.6 Å². The first-order valence-electron chi connectivity index (χ1n) is 12.7. The molecule has 0 spiro atoms. The van der Waals surface area contributed by atoms with Crippen molar-refractivity contribution in [2.24, 2.45) is 0 Å². The molecule has 2 N–H and O–H groups in total. The van der Waals surface area contributed by atoms with E-state index in [1.54, 1.807) is 12.1 Å². The van der Waals surface area contributed by atoms with Crippen molar-refractivity contribution in [3.63, 3.8) is 0 Å². The summed E-state index contributed by atoms with van der Waals surface area (Å²) in [7, 11) is 3.42. The molecule has 214 valence electrons. The minimum Gasteiger partial charge on any atom is -0.496 e. The highest BCUT2D eigenvalue weighted by Crippen LogP contribution is 2.52. The minimum absolute atomic E-state index is 0.117. The summed E-state index contributed by atoms with van der Waals surface area (Å²) >= 11 is 0. The molecule has 0 fully saturated rings.